The lowest BCUT2D eigenvalue weighted by Gasteiger charge is -2.07. The largest absolute Gasteiger partial charge is 0.497 e. The topological polar surface area (TPSA) is 50.9 Å². The Labute approximate surface area is 110 Å². The number of benzene rings is 1. The predicted molar refractivity (Wildman–Crippen MR) is 72.9 cm³/mol. The fourth-order valence-electron chi connectivity index (χ4n) is 1.95. The van der Waals surface area contributed by atoms with Gasteiger partial charge < -0.3 is 10.1 Å². The summed E-state index contributed by atoms with van der Waals surface area (Å²) < 4.78 is 6.95. The number of allylic oxidation sites excluding steroid dienone is 2. The predicted octanol–water partition coefficient (Wildman–Crippen LogP) is 2.01. The molecule has 2 heterocycles. The van der Waals surface area contributed by atoms with Gasteiger partial charge in [0.2, 0.25) is 12.0 Å². The number of hydrogen-bond acceptors (Lipinski definition) is 4. The number of aromatic nitrogens is 3. The van der Waals surface area contributed by atoms with Crippen LogP contribution in [0.2, 0.25) is 0 Å². The van der Waals surface area contributed by atoms with E-state index >= 15 is 0 Å². The molecular weight excluding hydrogens is 240 g/mol. The molecule has 0 spiro atoms. The number of ether oxygens (including phenoxy) is 1. The summed E-state index contributed by atoms with van der Waals surface area (Å²) in [7, 11) is 1.64. The van der Waals surface area contributed by atoms with Crippen LogP contribution in [0.25, 0.3) is 11.8 Å². The van der Waals surface area contributed by atoms with Crippen molar-refractivity contribution in [2.75, 3.05) is 12.4 Å². The normalized spacial score (nSPS) is 12.4. The van der Waals surface area contributed by atoms with E-state index in [1.54, 1.807) is 11.8 Å². The molecule has 2 aromatic rings. The van der Waals surface area contributed by atoms with Gasteiger partial charge in [-0.3, -0.25) is 0 Å². The standard InChI is InChI=1S/C14H13N4O/c1-10-6-7-18-13(10)14(15-9-16-18)17-11-4-3-5-12(8-11)19-2/h3-9H,1H2,2H3,(H,15,16,17)/q+1. The molecular formula is C14H13N4O+. The molecule has 5 heteroatoms. The van der Waals surface area contributed by atoms with E-state index in [9.17, 15) is 0 Å². The van der Waals surface area contributed by atoms with Gasteiger partial charge in [-0.2, -0.15) is 0 Å². The van der Waals surface area contributed by atoms with Crippen LogP contribution in [0.4, 0.5) is 11.5 Å². The van der Waals surface area contributed by atoms with Crippen molar-refractivity contribution in [3.05, 3.63) is 48.9 Å². The van der Waals surface area contributed by atoms with Crippen LogP contribution in [-0.4, -0.2) is 17.2 Å². The van der Waals surface area contributed by atoms with Crippen LogP contribution in [0.15, 0.2) is 43.2 Å². The number of anilines is 2. The Balaban J connectivity index is 1.97. The molecule has 1 aromatic heterocycles. The SMILES string of the molecule is C=C1C=C[n+]2ncnc(Nc3cccc(OC)c3)c21. The minimum atomic E-state index is 0.721. The first-order valence-corrected chi connectivity index (χ1v) is 5.83. The maximum absolute atomic E-state index is 5.20. The molecule has 5 nitrogen and oxygen atoms in total. The maximum Gasteiger partial charge on any atom is 0.287 e. The Bertz CT molecular complexity index is 679. The highest BCUT2D eigenvalue weighted by Gasteiger charge is 2.25. The second-order valence-corrected chi connectivity index (χ2v) is 4.10. The molecule has 3 rings (SSSR count). The van der Waals surface area contributed by atoms with E-state index in [0.29, 0.717) is 0 Å². The first-order valence-electron chi connectivity index (χ1n) is 5.83. The third-order valence-corrected chi connectivity index (χ3v) is 2.87. The molecule has 0 saturated carbocycles. The van der Waals surface area contributed by atoms with Crippen molar-refractivity contribution in [1.29, 1.82) is 0 Å². The van der Waals surface area contributed by atoms with Crippen LogP contribution in [0.3, 0.4) is 0 Å². The van der Waals surface area contributed by atoms with Gasteiger partial charge in [-0.15, -0.1) is 0 Å². The number of fused-ring (bicyclic) bond motifs is 1. The van der Waals surface area contributed by atoms with E-state index in [-0.39, 0.29) is 0 Å². The van der Waals surface area contributed by atoms with Crippen molar-refractivity contribution >= 4 is 23.3 Å². The third-order valence-electron chi connectivity index (χ3n) is 2.87. The Morgan fingerprint density at radius 1 is 1.37 bits per heavy atom. The van der Waals surface area contributed by atoms with Gasteiger partial charge >= 0.3 is 0 Å². The van der Waals surface area contributed by atoms with Crippen molar-refractivity contribution < 1.29 is 9.42 Å². The molecule has 1 aromatic carbocycles. The van der Waals surface area contributed by atoms with Gasteiger partial charge in [0, 0.05) is 22.9 Å². The zero-order valence-corrected chi connectivity index (χ0v) is 10.5. The van der Waals surface area contributed by atoms with Crippen LogP contribution in [0, 0.1) is 0 Å². The summed E-state index contributed by atoms with van der Waals surface area (Å²) in [5, 5.41) is 7.40. The van der Waals surface area contributed by atoms with Gasteiger partial charge in [-0.1, -0.05) is 12.6 Å². The Kier molecular flexibility index (Phi) is 2.72. The third kappa shape index (κ3) is 2.06. The smallest absolute Gasteiger partial charge is 0.287 e. The van der Waals surface area contributed by atoms with Gasteiger partial charge in [-0.25, -0.2) is 4.98 Å². The Hall–Kier alpha value is -2.69. The van der Waals surface area contributed by atoms with Crippen LogP contribution in [0.1, 0.15) is 5.69 Å². The van der Waals surface area contributed by atoms with Gasteiger partial charge in [0.15, 0.2) is 6.33 Å². The summed E-state index contributed by atoms with van der Waals surface area (Å²) in [6.07, 6.45) is 5.27. The second-order valence-electron chi connectivity index (χ2n) is 4.10. The van der Waals surface area contributed by atoms with Gasteiger partial charge in [0.1, 0.15) is 5.75 Å². The lowest BCUT2D eigenvalue weighted by molar-refractivity contribution is -0.633. The summed E-state index contributed by atoms with van der Waals surface area (Å²) in [4.78, 5) is 4.27. The summed E-state index contributed by atoms with van der Waals surface area (Å²) in [6.45, 7) is 3.98. The molecule has 0 radical (unpaired) electrons. The number of methoxy groups -OCH3 is 1. The van der Waals surface area contributed by atoms with Gasteiger partial charge in [0.25, 0.3) is 5.69 Å². The quantitative estimate of drug-likeness (QED) is 0.850. The van der Waals surface area contributed by atoms with Crippen molar-refractivity contribution in [3.63, 3.8) is 0 Å². The fraction of sp³-hybridized carbons (Fsp3) is 0.0714. The first-order chi connectivity index (χ1) is 9.28. The lowest BCUT2D eigenvalue weighted by Crippen LogP contribution is -2.33. The van der Waals surface area contributed by atoms with E-state index < -0.39 is 0 Å². The average molecular weight is 253 g/mol. The molecule has 94 valence electrons. The Morgan fingerprint density at radius 2 is 2.26 bits per heavy atom. The molecule has 1 aliphatic heterocycles. The van der Waals surface area contributed by atoms with Gasteiger partial charge in [-0.05, 0) is 16.8 Å². The van der Waals surface area contributed by atoms with Crippen LogP contribution in [-0.2, 0) is 0 Å². The minimum Gasteiger partial charge on any atom is -0.497 e. The molecule has 0 aliphatic carbocycles. The highest BCUT2D eigenvalue weighted by atomic mass is 16.5. The maximum atomic E-state index is 5.20. The van der Waals surface area contributed by atoms with Crippen molar-refractivity contribution in [2.45, 2.75) is 0 Å². The van der Waals surface area contributed by atoms with E-state index in [1.165, 1.54) is 6.33 Å². The highest BCUT2D eigenvalue weighted by molar-refractivity contribution is 5.80. The second kappa shape index (κ2) is 4.53. The highest BCUT2D eigenvalue weighted by Crippen LogP contribution is 2.25. The molecule has 0 bridgehead atoms. The summed E-state index contributed by atoms with van der Waals surface area (Å²) >= 11 is 0. The lowest BCUT2D eigenvalue weighted by atomic mass is 10.2. The van der Waals surface area contributed by atoms with Crippen molar-refractivity contribution in [3.8, 4) is 5.75 Å². The number of nitrogens with one attached hydrogen (secondary N) is 1. The Morgan fingerprint density at radius 3 is 3.11 bits per heavy atom. The van der Waals surface area contributed by atoms with Crippen molar-refractivity contribution in [1.82, 2.24) is 10.1 Å². The summed E-state index contributed by atoms with van der Waals surface area (Å²) in [5.74, 6) is 1.51. The van der Waals surface area contributed by atoms with E-state index in [2.05, 4.69) is 22.0 Å². The zero-order valence-electron chi connectivity index (χ0n) is 10.5. The van der Waals surface area contributed by atoms with E-state index in [0.717, 1.165) is 28.5 Å². The molecule has 0 atom stereocenters. The summed E-state index contributed by atoms with van der Waals surface area (Å²) in [6, 6.07) is 7.67. The number of hydrogen-bond donors (Lipinski definition) is 1. The first kappa shape index (κ1) is 11.4. The van der Waals surface area contributed by atoms with E-state index in [1.807, 2.05) is 36.5 Å². The van der Waals surface area contributed by atoms with Crippen LogP contribution in [0.5, 0.6) is 5.75 Å². The van der Waals surface area contributed by atoms with Crippen LogP contribution >= 0.6 is 0 Å². The van der Waals surface area contributed by atoms with Crippen LogP contribution < -0.4 is 14.7 Å². The molecule has 0 fully saturated rings. The molecule has 0 saturated heterocycles. The fourth-order valence-corrected chi connectivity index (χ4v) is 1.95. The van der Waals surface area contributed by atoms with E-state index in [4.69, 9.17) is 4.74 Å². The summed E-state index contributed by atoms with van der Waals surface area (Å²) in [5.41, 5.74) is 2.65. The molecule has 0 amide bonds. The minimum absolute atomic E-state index is 0.721. The molecule has 1 N–H and O–H groups in total. The molecule has 19 heavy (non-hydrogen) atoms. The zero-order chi connectivity index (χ0) is 13.2. The number of nitrogens with zero attached hydrogens (tertiary/aromatic N) is 3. The van der Waals surface area contributed by atoms with Gasteiger partial charge in [0.05, 0.1) is 12.7 Å². The number of rotatable bonds is 3. The molecule has 1 aliphatic rings. The average Bonchev–Trinajstić information content (AvgIpc) is 2.82. The monoisotopic (exact) mass is 253 g/mol. The molecule has 0 unspecified atom stereocenters. The van der Waals surface area contributed by atoms with Crippen molar-refractivity contribution in [2.24, 2.45) is 0 Å².